The number of carbonyl (C=O) groups excluding carboxylic acids is 1. The fourth-order valence-corrected chi connectivity index (χ4v) is 2.78. The Balaban J connectivity index is 1.80. The zero-order chi connectivity index (χ0) is 14.1. The summed E-state index contributed by atoms with van der Waals surface area (Å²) in [6, 6.07) is 3.69. The highest BCUT2D eigenvalue weighted by Crippen LogP contribution is 2.23. The van der Waals surface area contributed by atoms with Crippen LogP contribution in [0.2, 0.25) is 5.15 Å². The van der Waals surface area contributed by atoms with Crippen LogP contribution in [0.4, 0.5) is 5.69 Å². The Hall–Kier alpha value is -1.81. The van der Waals surface area contributed by atoms with Gasteiger partial charge in [-0.25, -0.2) is 4.98 Å². The molecule has 0 saturated carbocycles. The van der Waals surface area contributed by atoms with E-state index in [9.17, 15) is 4.79 Å². The topological polar surface area (TPSA) is 57.8 Å². The number of aromatic nitrogens is 2. The average Bonchev–Trinajstić information content (AvgIpc) is 2.86. The Bertz CT molecular complexity index is 640. The predicted molar refractivity (Wildman–Crippen MR) is 79.4 cm³/mol. The van der Waals surface area contributed by atoms with E-state index in [1.54, 1.807) is 12.3 Å². The number of pyridine rings is 1. The van der Waals surface area contributed by atoms with Crippen LogP contribution < -0.4 is 5.32 Å². The molecule has 1 aliphatic carbocycles. The maximum absolute atomic E-state index is 12.3. The van der Waals surface area contributed by atoms with Crippen molar-refractivity contribution in [1.82, 2.24) is 9.97 Å². The maximum Gasteiger partial charge on any atom is 0.272 e. The molecule has 0 fully saturated rings. The van der Waals surface area contributed by atoms with E-state index in [-0.39, 0.29) is 5.91 Å². The molecule has 0 atom stereocenters. The van der Waals surface area contributed by atoms with Crippen LogP contribution >= 0.6 is 11.6 Å². The van der Waals surface area contributed by atoms with Crippen LogP contribution in [0, 0.1) is 6.92 Å². The van der Waals surface area contributed by atoms with E-state index in [1.807, 2.05) is 13.0 Å². The van der Waals surface area contributed by atoms with Gasteiger partial charge in [-0.1, -0.05) is 11.6 Å². The molecule has 5 heteroatoms. The Labute approximate surface area is 122 Å². The number of rotatable bonds is 2. The summed E-state index contributed by atoms with van der Waals surface area (Å²) in [4.78, 5) is 19.5. The average molecular weight is 290 g/mol. The monoisotopic (exact) mass is 289 g/mol. The second-order valence-corrected chi connectivity index (χ2v) is 5.56. The molecule has 4 nitrogen and oxygen atoms in total. The summed E-state index contributed by atoms with van der Waals surface area (Å²) in [6.07, 6.45) is 6.06. The van der Waals surface area contributed by atoms with Crippen molar-refractivity contribution in [2.24, 2.45) is 0 Å². The molecule has 0 spiro atoms. The second kappa shape index (κ2) is 5.29. The molecule has 0 aromatic carbocycles. The van der Waals surface area contributed by atoms with Gasteiger partial charge in [-0.3, -0.25) is 4.79 Å². The molecule has 0 unspecified atom stereocenters. The Morgan fingerprint density at radius 3 is 2.90 bits per heavy atom. The number of nitrogens with zero attached hydrogens (tertiary/aromatic N) is 1. The third kappa shape index (κ3) is 2.56. The first-order valence-corrected chi connectivity index (χ1v) is 7.15. The lowest BCUT2D eigenvalue weighted by molar-refractivity contribution is 0.102. The summed E-state index contributed by atoms with van der Waals surface area (Å²) in [5.41, 5.74) is 4.67. The highest BCUT2D eigenvalue weighted by molar-refractivity contribution is 6.29. The number of anilines is 1. The normalized spacial score (nSPS) is 13.9. The van der Waals surface area contributed by atoms with Crippen LogP contribution in [0.1, 0.15) is 40.2 Å². The van der Waals surface area contributed by atoms with Crippen LogP contribution in [0.5, 0.6) is 0 Å². The summed E-state index contributed by atoms with van der Waals surface area (Å²) in [5, 5.41) is 3.30. The molecular formula is C15H16ClN3O. The van der Waals surface area contributed by atoms with Gasteiger partial charge in [0.05, 0.1) is 11.9 Å². The Morgan fingerprint density at radius 2 is 2.15 bits per heavy atom. The van der Waals surface area contributed by atoms with Gasteiger partial charge < -0.3 is 10.3 Å². The van der Waals surface area contributed by atoms with Crippen molar-refractivity contribution in [1.29, 1.82) is 0 Å². The van der Waals surface area contributed by atoms with Crippen molar-refractivity contribution in [3.05, 3.63) is 46.0 Å². The lowest BCUT2D eigenvalue weighted by atomic mass is 9.98. The van der Waals surface area contributed by atoms with E-state index < -0.39 is 0 Å². The van der Waals surface area contributed by atoms with Gasteiger partial charge in [-0.05, 0) is 55.9 Å². The molecular weight excluding hydrogens is 274 g/mol. The molecule has 0 radical (unpaired) electrons. The van der Waals surface area contributed by atoms with Gasteiger partial charge in [-0.15, -0.1) is 0 Å². The van der Waals surface area contributed by atoms with E-state index in [1.165, 1.54) is 24.1 Å². The number of aromatic amines is 1. The number of amides is 1. The molecule has 2 N–H and O–H groups in total. The fraction of sp³-hybridized carbons (Fsp3) is 0.333. The molecule has 1 amide bonds. The van der Waals surface area contributed by atoms with Gasteiger partial charge in [0.1, 0.15) is 10.8 Å². The van der Waals surface area contributed by atoms with Crippen LogP contribution in [-0.2, 0) is 12.8 Å². The molecule has 2 aromatic rings. The quantitative estimate of drug-likeness (QED) is 0.831. The third-order valence-electron chi connectivity index (χ3n) is 3.68. The zero-order valence-corrected chi connectivity index (χ0v) is 12.0. The number of fused-ring (bicyclic) bond motifs is 1. The van der Waals surface area contributed by atoms with E-state index in [2.05, 4.69) is 15.3 Å². The van der Waals surface area contributed by atoms with Crippen LogP contribution in [0.15, 0.2) is 18.3 Å². The third-order valence-corrected chi connectivity index (χ3v) is 3.89. The van der Waals surface area contributed by atoms with Crippen molar-refractivity contribution in [2.45, 2.75) is 32.6 Å². The lowest BCUT2D eigenvalue weighted by Gasteiger charge is -2.09. The summed E-state index contributed by atoms with van der Waals surface area (Å²) >= 11 is 5.81. The minimum Gasteiger partial charge on any atom is -0.354 e. The van der Waals surface area contributed by atoms with Gasteiger partial charge in [-0.2, -0.15) is 0 Å². The van der Waals surface area contributed by atoms with Crippen molar-refractivity contribution in [3.8, 4) is 0 Å². The first-order valence-electron chi connectivity index (χ1n) is 6.78. The van der Waals surface area contributed by atoms with E-state index in [0.29, 0.717) is 16.5 Å². The van der Waals surface area contributed by atoms with E-state index in [0.717, 1.165) is 18.4 Å². The van der Waals surface area contributed by atoms with Gasteiger partial charge in [0, 0.05) is 5.69 Å². The van der Waals surface area contributed by atoms with Gasteiger partial charge in [0.2, 0.25) is 0 Å². The van der Waals surface area contributed by atoms with Gasteiger partial charge in [0.15, 0.2) is 0 Å². The summed E-state index contributed by atoms with van der Waals surface area (Å²) in [5.74, 6) is -0.133. The number of hydrogen-bond acceptors (Lipinski definition) is 2. The summed E-state index contributed by atoms with van der Waals surface area (Å²) in [7, 11) is 0. The van der Waals surface area contributed by atoms with Crippen LogP contribution in [0.3, 0.4) is 0 Å². The first-order chi connectivity index (χ1) is 9.63. The molecule has 20 heavy (non-hydrogen) atoms. The predicted octanol–water partition coefficient (Wildman–Crippen LogP) is 3.50. The molecule has 0 saturated heterocycles. The highest BCUT2D eigenvalue weighted by Gasteiger charge is 2.17. The second-order valence-electron chi connectivity index (χ2n) is 5.17. The number of aryl methyl sites for hydroxylation is 3. The molecule has 2 aromatic heterocycles. The molecule has 2 heterocycles. The highest BCUT2D eigenvalue weighted by atomic mass is 35.5. The Kier molecular flexibility index (Phi) is 3.49. The van der Waals surface area contributed by atoms with Crippen molar-refractivity contribution >= 4 is 23.2 Å². The number of halogens is 1. The fourth-order valence-electron chi connectivity index (χ4n) is 2.57. The number of carbonyl (C=O) groups is 1. The van der Waals surface area contributed by atoms with Crippen molar-refractivity contribution < 1.29 is 4.79 Å². The van der Waals surface area contributed by atoms with Crippen LogP contribution in [0.25, 0.3) is 0 Å². The largest absolute Gasteiger partial charge is 0.354 e. The van der Waals surface area contributed by atoms with E-state index in [4.69, 9.17) is 11.6 Å². The molecule has 1 aliphatic rings. The van der Waals surface area contributed by atoms with Crippen molar-refractivity contribution in [3.63, 3.8) is 0 Å². The maximum atomic E-state index is 12.3. The standard InChI is InChI=1S/C15H16ClN3O/c1-9-6-14(16)17-8-13(9)19-15(20)12-7-10-4-2-3-5-11(10)18-12/h6-8,18H,2-5H2,1H3,(H,19,20). The number of nitrogens with one attached hydrogen (secondary N) is 2. The molecule has 0 bridgehead atoms. The van der Waals surface area contributed by atoms with Gasteiger partial charge >= 0.3 is 0 Å². The first kappa shape index (κ1) is 13.2. The molecule has 0 aliphatic heterocycles. The van der Waals surface area contributed by atoms with E-state index >= 15 is 0 Å². The number of hydrogen-bond donors (Lipinski definition) is 2. The minimum atomic E-state index is -0.133. The summed E-state index contributed by atoms with van der Waals surface area (Å²) in [6.45, 7) is 1.89. The Morgan fingerprint density at radius 1 is 1.35 bits per heavy atom. The lowest BCUT2D eigenvalue weighted by Crippen LogP contribution is -2.13. The molecule has 3 rings (SSSR count). The zero-order valence-electron chi connectivity index (χ0n) is 11.3. The minimum absolute atomic E-state index is 0.133. The SMILES string of the molecule is Cc1cc(Cl)ncc1NC(=O)c1cc2c([nH]1)CCCC2. The van der Waals surface area contributed by atoms with Crippen molar-refractivity contribution in [2.75, 3.05) is 5.32 Å². The number of H-pyrrole nitrogens is 1. The van der Waals surface area contributed by atoms with Gasteiger partial charge in [0.25, 0.3) is 5.91 Å². The summed E-state index contributed by atoms with van der Waals surface area (Å²) < 4.78 is 0. The van der Waals surface area contributed by atoms with Crippen LogP contribution in [-0.4, -0.2) is 15.9 Å². The molecule has 104 valence electrons. The smallest absolute Gasteiger partial charge is 0.272 e.